The lowest BCUT2D eigenvalue weighted by molar-refractivity contribution is -0.124. The molecule has 0 radical (unpaired) electrons. The molecule has 3 rings (SSSR count). The van der Waals surface area contributed by atoms with Crippen molar-refractivity contribution in [3.05, 3.63) is 66.0 Å². The number of hydrogen-bond acceptors (Lipinski definition) is 3. The molecule has 1 aliphatic rings. The molecule has 0 saturated carbocycles. The van der Waals surface area contributed by atoms with E-state index in [1.165, 1.54) is 17.7 Å². The minimum atomic E-state index is -0.454. The van der Waals surface area contributed by atoms with E-state index in [9.17, 15) is 9.18 Å². The van der Waals surface area contributed by atoms with Crippen LogP contribution in [0.2, 0.25) is 0 Å². The highest BCUT2D eigenvalue weighted by atomic mass is 35.5. The topological polar surface area (TPSA) is 41.6 Å². The number of rotatable bonds is 6. The quantitative estimate of drug-likeness (QED) is 0.837. The van der Waals surface area contributed by atoms with E-state index in [2.05, 4.69) is 34.5 Å². The van der Waals surface area contributed by atoms with E-state index in [0.717, 1.165) is 32.5 Å². The zero-order valence-corrected chi connectivity index (χ0v) is 15.4. The predicted molar refractivity (Wildman–Crippen MR) is 102 cm³/mol. The molecule has 6 heteroatoms. The van der Waals surface area contributed by atoms with Crippen molar-refractivity contribution in [1.82, 2.24) is 10.2 Å². The van der Waals surface area contributed by atoms with Gasteiger partial charge in [-0.3, -0.25) is 9.69 Å². The van der Waals surface area contributed by atoms with Gasteiger partial charge in [-0.15, -0.1) is 12.4 Å². The second kappa shape index (κ2) is 10.1. The van der Waals surface area contributed by atoms with Crippen LogP contribution in [0, 0.1) is 5.82 Å². The van der Waals surface area contributed by atoms with Crippen LogP contribution >= 0.6 is 12.4 Å². The van der Waals surface area contributed by atoms with Crippen molar-refractivity contribution < 1.29 is 13.9 Å². The maximum Gasteiger partial charge on any atom is 0.258 e. The lowest BCUT2D eigenvalue weighted by atomic mass is 10.0. The first kappa shape index (κ1) is 20.2. The fraction of sp³-hybridized carbons (Fsp3) is 0.350. The Morgan fingerprint density at radius 3 is 2.42 bits per heavy atom. The number of ether oxygens (including phenoxy) is 1. The normalized spacial score (nSPS) is 15.1. The van der Waals surface area contributed by atoms with Crippen LogP contribution in [-0.2, 0) is 11.3 Å². The van der Waals surface area contributed by atoms with Crippen LogP contribution in [0.3, 0.4) is 0 Å². The number of halogens is 2. The molecule has 1 amide bonds. The van der Waals surface area contributed by atoms with E-state index >= 15 is 0 Å². The SMILES string of the molecule is Cl.O=C(COc1ccccc1F)NC1CCN(Cc2ccccc2)CC1. The minimum absolute atomic E-state index is 0. The Kier molecular flexibility index (Phi) is 7.88. The fourth-order valence-corrected chi connectivity index (χ4v) is 3.05. The molecule has 0 aliphatic carbocycles. The number of para-hydroxylation sites is 1. The van der Waals surface area contributed by atoms with Gasteiger partial charge in [-0.2, -0.15) is 0 Å². The lowest BCUT2D eigenvalue weighted by Crippen LogP contribution is -2.45. The Hall–Kier alpha value is -2.11. The molecule has 0 atom stereocenters. The van der Waals surface area contributed by atoms with Gasteiger partial charge in [-0.1, -0.05) is 42.5 Å². The van der Waals surface area contributed by atoms with Gasteiger partial charge in [0.2, 0.25) is 0 Å². The summed E-state index contributed by atoms with van der Waals surface area (Å²) in [6.07, 6.45) is 1.83. The predicted octanol–water partition coefficient (Wildman–Crippen LogP) is 3.41. The molecule has 1 heterocycles. The highest BCUT2D eigenvalue weighted by molar-refractivity contribution is 5.85. The van der Waals surface area contributed by atoms with Gasteiger partial charge in [0, 0.05) is 25.7 Å². The van der Waals surface area contributed by atoms with Crippen LogP contribution in [0.5, 0.6) is 5.75 Å². The average molecular weight is 379 g/mol. The number of nitrogens with zero attached hydrogens (tertiary/aromatic N) is 1. The number of carbonyl (C=O) groups is 1. The first-order chi connectivity index (χ1) is 12.2. The van der Waals surface area contributed by atoms with Crippen LogP contribution in [-0.4, -0.2) is 36.5 Å². The van der Waals surface area contributed by atoms with Gasteiger partial charge in [-0.25, -0.2) is 4.39 Å². The number of nitrogens with one attached hydrogen (secondary N) is 1. The molecule has 1 aliphatic heterocycles. The third kappa shape index (κ3) is 6.00. The molecule has 1 N–H and O–H groups in total. The second-order valence-electron chi connectivity index (χ2n) is 6.32. The molecule has 1 saturated heterocycles. The molecule has 2 aromatic carbocycles. The van der Waals surface area contributed by atoms with Gasteiger partial charge in [0.15, 0.2) is 18.2 Å². The Morgan fingerprint density at radius 2 is 1.73 bits per heavy atom. The molecule has 2 aromatic rings. The molecule has 140 valence electrons. The fourth-order valence-electron chi connectivity index (χ4n) is 3.05. The number of likely N-dealkylation sites (tertiary alicyclic amines) is 1. The first-order valence-corrected chi connectivity index (χ1v) is 8.63. The molecule has 4 nitrogen and oxygen atoms in total. The van der Waals surface area contributed by atoms with Gasteiger partial charge in [0.1, 0.15) is 0 Å². The van der Waals surface area contributed by atoms with Crippen LogP contribution in [0.15, 0.2) is 54.6 Å². The Morgan fingerprint density at radius 1 is 1.08 bits per heavy atom. The van der Waals surface area contributed by atoms with Crippen LogP contribution in [0.4, 0.5) is 4.39 Å². The average Bonchev–Trinajstić information content (AvgIpc) is 2.64. The number of piperidine rings is 1. The van der Waals surface area contributed by atoms with Crippen molar-refractivity contribution in [2.24, 2.45) is 0 Å². The zero-order chi connectivity index (χ0) is 17.5. The van der Waals surface area contributed by atoms with Gasteiger partial charge in [0.05, 0.1) is 0 Å². The standard InChI is InChI=1S/C20H23FN2O2.ClH/c21-18-8-4-5-9-19(18)25-15-20(24)22-17-10-12-23(13-11-17)14-16-6-2-1-3-7-16;/h1-9,17H,10-15H2,(H,22,24);1H. The summed E-state index contributed by atoms with van der Waals surface area (Å²) in [5.74, 6) is -0.551. The van der Waals surface area contributed by atoms with Gasteiger partial charge in [0.25, 0.3) is 5.91 Å². The van der Waals surface area contributed by atoms with Crippen molar-refractivity contribution in [3.63, 3.8) is 0 Å². The Labute approximate surface area is 159 Å². The summed E-state index contributed by atoms with van der Waals surface area (Å²) in [5.41, 5.74) is 1.31. The molecule has 0 aromatic heterocycles. The maximum absolute atomic E-state index is 13.5. The van der Waals surface area contributed by atoms with Crippen molar-refractivity contribution >= 4 is 18.3 Å². The second-order valence-corrected chi connectivity index (χ2v) is 6.32. The van der Waals surface area contributed by atoms with Crippen molar-refractivity contribution in [1.29, 1.82) is 0 Å². The van der Waals surface area contributed by atoms with Crippen LogP contribution in [0.1, 0.15) is 18.4 Å². The summed E-state index contributed by atoms with van der Waals surface area (Å²) in [6.45, 7) is 2.69. The lowest BCUT2D eigenvalue weighted by Gasteiger charge is -2.32. The van der Waals surface area contributed by atoms with E-state index < -0.39 is 5.82 Å². The highest BCUT2D eigenvalue weighted by Gasteiger charge is 2.21. The third-order valence-electron chi connectivity index (χ3n) is 4.40. The summed E-state index contributed by atoms with van der Waals surface area (Å²) >= 11 is 0. The molecular formula is C20H24ClFN2O2. The number of carbonyl (C=O) groups excluding carboxylic acids is 1. The van der Waals surface area contributed by atoms with E-state index in [1.54, 1.807) is 12.1 Å². The number of hydrogen-bond donors (Lipinski definition) is 1. The van der Waals surface area contributed by atoms with Crippen molar-refractivity contribution in [3.8, 4) is 5.75 Å². The number of amides is 1. The van der Waals surface area contributed by atoms with Gasteiger partial charge >= 0.3 is 0 Å². The van der Waals surface area contributed by atoms with Gasteiger partial charge < -0.3 is 10.1 Å². The van der Waals surface area contributed by atoms with Gasteiger partial charge in [-0.05, 0) is 30.5 Å². The molecular weight excluding hydrogens is 355 g/mol. The summed E-state index contributed by atoms with van der Waals surface area (Å²) in [6, 6.07) is 16.7. The van der Waals surface area contributed by atoms with E-state index in [4.69, 9.17) is 4.74 Å². The van der Waals surface area contributed by atoms with E-state index in [0.29, 0.717) is 0 Å². The highest BCUT2D eigenvalue weighted by Crippen LogP contribution is 2.16. The van der Waals surface area contributed by atoms with Crippen LogP contribution in [0.25, 0.3) is 0 Å². The summed E-state index contributed by atoms with van der Waals surface area (Å²) in [5, 5.41) is 2.98. The minimum Gasteiger partial charge on any atom is -0.481 e. The largest absolute Gasteiger partial charge is 0.481 e. The van der Waals surface area contributed by atoms with Crippen molar-refractivity contribution in [2.75, 3.05) is 19.7 Å². The Bertz CT molecular complexity index is 691. The summed E-state index contributed by atoms with van der Waals surface area (Å²) in [7, 11) is 0. The van der Waals surface area contributed by atoms with Crippen LogP contribution < -0.4 is 10.1 Å². The first-order valence-electron chi connectivity index (χ1n) is 8.63. The summed E-state index contributed by atoms with van der Waals surface area (Å²) in [4.78, 5) is 14.4. The Balaban J connectivity index is 0.00000243. The summed E-state index contributed by atoms with van der Waals surface area (Å²) < 4.78 is 18.7. The third-order valence-corrected chi connectivity index (χ3v) is 4.40. The monoisotopic (exact) mass is 378 g/mol. The smallest absolute Gasteiger partial charge is 0.258 e. The van der Waals surface area contributed by atoms with Crippen molar-refractivity contribution in [2.45, 2.75) is 25.4 Å². The number of benzene rings is 2. The molecule has 0 spiro atoms. The molecule has 26 heavy (non-hydrogen) atoms. The zero-order valence-electron chi connectivity index (χ0n) is 14.6. The maximum atomic E-state index is 13.5. The molecule has 0 unspecified atom stereocenters. The van der Waals surface area contributed by atoms with E-state index in [-0.39, 0.29) is 36.7 Å². The molecule has 1 fully saturated rings. The van der Waals surface area contributed by atoms with E-state index in [1.807, 2.05) is 6.07 Å². The molecule has 0 bridgehead atoms.